The van der Waals surface area contributed by atoms with Gasteiger partial charge in [-0.15, -0.1) is 0 Å². The van der Waals surface area contributed by atoms with Crippen molar-refractivity contribution < 1.29 is 8.42 Å². The molecule has 0 unspecified atom stereocenters. The molecule has 1 N–H and O–H groups in total. The Labute approximate surface area is 67.6 Å². The zero-order valence-electron chi connectivity index (χ0n) is 6.13. The normalized spacial score (nSPS) is 12.4. The highest BCUT2D eigenvalue weighted by molar-refractivity contribution is 7.93. The lowest BCUT2D eigenvalue weighted by atomic mass is 11.0. The van der Waals surface area contributed by atoms with Crippen LogP contribution < -0.4 is 5.69 Å². The SMILES string of the molecule is CS(=O)(=O)/C=C/n1nn[nH]c1=O. The van der Waals surface area contributed by atoms with Crippen LogP contribution in [-0.4, -0.2) is 34.9 Å². The summed E-state index contributed by atoms with van der Waals surface area (Å²) < 4.78 is 21.9. The van der Waals surface area contributed by atoms with Crippen LogP contribution in [-0.2, 0) is 9.84 Å². The van der Waals surface area contributed by atoms with E-state index in [2.05, 4.69) is 10.4 Å². The molecule has 12 heavy (non-hydrogen) atoms. The third kappa shape index (κ3) is 2.31. The van der Waals surface area contributed by atoms with Gasteiger partial charge in [-0.3, -0.25) is 0 Å². The van der Waals surface area contributed by atoms with Crippen LogP contribution in [0.25, 0.3) is 6.20 Å². The summed E-state index contributed by atoms with van der Waals surface area (Å²) in [6.07, 6.45) is 2.02. The number of H-pyrrole nitrogens is 1. The Morgan fingerprint density at radius 1 is 1.58 bits per heavy atom. The van der Waals surface area contributed by atoms with Gasteiger partial charge in [-0.1, -0.05) is 0 Å². The summed E-state index contributed by atoms with van der Waals surface area (Å²) in [6.45, 7) is 0. The Bertz CT molecular complexity index is 439. The van der Waals surface area contributed by atoms with Crippen LogP contribution in [0.4, 0.5) is 0 Å². The number of nitrogens with zero attached hydrogens (tertiary/aromatic N) is 3. The smallest absolute Gasteiger partial charge is 0.244 e. The van der Waals surface area contributed by atoms with E-state index in [1.165, 1.54) is 0 Å². The second-order valence-electron chi connectivity index (χ2n) is 2.07. The lowest BCUT2D eigenvalue weighted by molar-refractivity contribution is 0.610. The van der Waals surface area contributed by atoms with Crippen molar-refractivity contribution in [3.63, 3.8) is 0 Å². The molecule has 1 rings (SSSR count). The van der Waals surface area contributed by atoms with Crippen molar-refractivity contribution in [3.8, 4) is 0 Å². The van der Waals surface area contributed by atoms with Gasteiger partial charge in [0.15, 0.2) is 9.84 Å². The van der Waals surface area contributed by atoms with Crippen molar-refractivity contribution in [1.29, 1.82) is 0 Å². The van der Waals surface area contributed by atoms with Gasteiger partial charge < -0.3 is 0 Å². The van der Waals surface area contributed by atoms with Gasteiger partial charge in [-0.05, 0) is 10.4 Å². The molecule has 0 saturated heterocycles. The molecule has 0 fully saturated rings. The van der Waals surface area contributed by atoms with Gasteiger partial charge in [0.05, 0.1) is 0 Å². The van der Waals surface area contributed by atoms with E-state index in [0.29, 0.717) is 0 Å². The zero-order valence-corrected chi connectivity index (χ0v) is 6.95. The summed E-state index contributed by atoms with van der Waals surface area (Å²) >= 11 is 0. The van der Waals surface area contributed by atoms with E-state index in [9.17, 15) is 13.2 Å². The van der Waals surface area contributed by atoms with Crippen LogP contribution in [0.3, 0.4) is 0 Å². The lowest BCUT2D eigenvalue weighted by Crippen LogP contribution is -2.12. The third-order valence-electron chi connectivity index (χ3n) is 0.944. The van der Waals surface area contributed by atoms with Crippen molar-refractivity contribution in [1.82, 2.24) is 20.2 Å². The van der Waals surface area contributed by atoms with Crippen LogP contribution in [0.1, 0.15) is 0 Å². The topological polar surface area (TPSA) is 97.7 Å². The Morgan fingerprint density at radius 2 is 2.25 bits per heavy atom. The highest BCUT2D eigenvalue weighted by Crippen LogP contribution is 1.85. The maximum Gasteiger partial charge on any atom is 0.365 e. The third-order valence-corrected chi connectivity index (χ3v) is 1.56. The molecule has 0 aliphatic heterocycles. The van der Waals surface area contributed by atoms with Crippen LogP contribution in [0, 0.1) is 0 Å². The number of nitrogens with one attached hydrogen (secondary N) is 1. The summed E-state index contributed by atoms with van der Waals surface area (Å²) in [5, 5.41) is 9.28. The number of sulfone groups is 1. The molecule has 1 heterocycles. The second-order valence-corrected chi connectivity index (χ2v) is 4.00. The first-order valence-corrected chi connectivity index (χ1v) is 4.82. The van der Waals surface area contributed by atoms with E-state index in [-0.39, 0.29) is 0 Å². The van der Waals surface area contributed by atoms with Crippen molar-refractivity contribution in [2.75, 3.05) is 6.26 Å². The van der Waals surface area contributed by atoms with Crippen molar-refractivity contribution in [3.05, 3.63) is 15.9 Å². The number of rotatable bonds is 2. The standard InChI is InChI=1S/C4H6N4O3S/c1-12(10,11)3-2-8-4(9)5-6-7-8/h2-3H,1H3,(H,5,7,9)/b3-2+. The fourth-order valence-electron chi connectivity index (χ4n) is 0.471. The van der Waals surface area contributed by atoms with E-state index >= 15 is 0 Å². The summed E-state index contributed by atoms with van der Waals surface area (Å²) in [7, 11) is -3.24. The minimum absolute atomic E-state index is 0.588. The van der Waals surface area contributed by atoms with Gasteiger partial charge in [0, 0.05) is 17.9 Å². The van der Waals surface area contributed by atoms with Gasteiger partial charge in [-0.25, -0.2) is 18.3 Å². The first-order chi connectivity index (χ1) is 5.49. The van der Waals surface area contributed by atoms with Gasteiger partial charge >= 0.3 is 5.69 Å². The molecule has 0 bridgehead atoms. The molecule has 0 aliphatic rings. The van der Waals surface area contributed by atoms with E-state index < -0.39 is 15.5 Å². The summed E-state index contributed by atoms with van der Waals surface area (Å²) in [4.78, 5) is 10.7. The average Bonchev–Trinajstić information content (AvgIpc) is 2.29. The predicted molar refractivity (Wildman–Crippen MR) is 40.8 cm³/mol. The predicted octanol–water partition coefficient (Wildman–Crippen LogP) is -1.56. The molecule has 0 spiro atoms. The van der Waals surface area contributed by atoms with Crippen LogP contribution in [0.15, 0.2) is 10.2 Å². The average molecular weight is 190 g/mol. The molecule has 1 aromatic rings. The van der Waals surface area contributed by atoms with Crippen molar-refractivity contribution in [2.45, 2.75) is 0 Å². The first kappa shape index (κ1) is 8.65. The molecule has 0 saturated carbocycles. The molecule has 0 aromatic carbocycles. The highest BCUT2D eigenvalue weighted by Gasteiger charge is 1.96. The zero-order chi connectivity index (χ0) is 9.19. The van der Waals surface area contributed by atoms with Gasteiger partial charge in [0.2, 0.25) is 0 Å². The van der Waals surface area contributed by atoms with E-state index in [1.807, 2.05) is 5.10 Å². The maximum absolute atomic E-state index is 10.7. The fourth-order valence-corrected chi connectivity index (χ4v) is 0.807. The molecule has 1 aromatic heterocycles. The monoisotopic (exact) mass is 190 g/mol. The van der Waals surface area contributed by atoms with E-state index in [1.54, 1.807) is 0 Å². The molecule has 0 amide bonds. The molecule has 8 heteroatoms. The molecular weight excluding hydrogens is 184 g/mol. The molecule has 66 valence electrons. The van der Waals surface area contributed by atoms with Crippen LogP contribution in [0.5, 0.6) is 0 Å². The Kier molecular flexibility index (Phi) is 2.09. The summed E-state index contributed by atoms with van der Waals surface area (Å²) in [5.74, 6) is 0. The van der Waals surface area contributed by atoms with E-state index in [0.717, 1.165) is 22.5 Å². The Hall–Kier alpha value is -1.44. The highest BCUT2D eigenvalue weighted by atomic mass is 32.2. The number of aromatic nitrogens is 4. The molecule has 0 radical (unpaired) electrons. The molecule has 0 aliphatic carbocycles. The fraction of sp³-hybridized carbons (Fsp3) is 0.250. The van der Waals surface area contributed by atoms with Crippen LogP contribution >= 0.6 is 0 Å². The minimum atomic E-state index is -3.24. The number of aromatic amines is 1. The summed E-state index contributed by atoms with van der Waals surface area (Å²) in [6, 6.07) is 0. The second kappa shape index (κ2) is 2.89. The number of hydrogen-bond acceptors (Lipinski definition) is 5. The van der Waals surface area contributed by atoms with Crippen molar-refractivity contribution >= 4 is 16.0 Å². The Morgan fingerprint density at radius 3 is 2.67 bits per heavy atom. The minimum Gasteiger partial charge on any atom is -0.244 e. The number of hydrogen-bond donors (Lipinski definition) is 1. The Balaban J connectivity index is 2.99. The van der Waals surface area contributed by atoms with E-state index in [4.69, 9.17) is 0 Å². The first-order valence-electron chi connectivity index (χ1n) is 2.87. The molecular formula is C4H6N4O3S. The van der Waals surface area contributed by atoms with Gasteiger partial charge in [0.25, 0.3) is 0 Å². The van der Waals surface area contributed by atoms with Gasteiger partial charge in [-0.2, -0.15) is 4.68 Å². The maximum atomic E-state index is 10.7. The largest absolute Gasteiger partial charge is 0.365 e. The summed E-state index contributed by atoms with van der Waals surface area (Å²) in [5.41, 5.74) is -0.588. The van der Waals surface area contributed by atoms with Crippen LogP contribution in [0.2, 0.25) is 0 Å². The molecule has 7 nitrogen and oxygen atoms in total. The quantitative estimate of drug-likeness (QED) is 0.608. The van der Waals surface area contributed by atoms with Crippen molar-refractivity contribution in [2.24, 2.45) is 0 Å². The van der Waals surface area contributed by atoms with Gasteiger partial charge in [0.1, 0.15) is 0 Å². The lowest BCUT2D eigenvalue weighted by Gasteiger charge is -1.84. The number of tetrazole rings is 1. The molecule has 0 atom stereocenters.